The zero-order chi connectivity index (χ0) is 20.4. The molecule has 0 N–H and O–H groups in total. The molecule has 1 heterocycles. The molecule has 0 atom stereocenters. The lowest BCUT2D eigenvalue weighted by Crippen LogP contribution is -2.24. The summed E-state index contributed by atoms with van der Waals surface area (Å²) in [6, 6.07) is 23.2. The molecule has 3 aromatic carbocycles. The molecule has 0 bridgehead atoms. The van der Waals surface area contributed by atoms with Crippen molar-refractivity contribution in [1.82, 2.24) is 0 Å². The summed E-state index contributed by atoms with van der Waals surface area (Å²) < 4.78 is 5.27. The van der Waals surface area contributed by atoms with E-state index in [4.69, 9.17) is 4.74 Å². The van der Waals surface area contributed by atoms with Crippen molar-refractivity contribution in [1.29, 1.82) is 0 Å². The molecule has 0 aliphatic carbocycles. The van der Waals surface area contributed by atoms with Crippen molar-refractivity contribution in [2.75, 3.05) is 11.5 Å². The molecule has 0 spiro atoms. The fourth-order valence-corrected chi connectivity index (χ4v) is 3.70. The highest BCUT2D eigenvalue weighted by Gasteiger charge is 2.38. The number of benzene rings is 3. The van der Waals surface area contributed by atoms with Gasteiger partial charge in [0, 0.05) is 11.4 Å². The summed E-state index contributed by atoms with van der Waals surface area (Å²) in [4.78, 5) is 27.7. The lowest BCUT2D eigenvalue weighted by atomic mass is 9.99. The second-order valence-electron chi connectivity index (χ2n) is 6.78. The Labute approximate surface area is 169 Å². The smallest absolute Gasteiger partial charge is 0.340 e. The van der Waals surface area contributed by atoms with Crippen LogP contribution in [-0.2, 0) is 14.3 Å². The SMILES string of the molecule is CCOC(=O)C1=C(C)N(c2ccccc2)C(=O)/C1=C\c1cccc2ccccc12. The average Bonchev–Trinajstić information content (AvgIpc) is 2.98. The van der Waals surface area contributed by atoms with E-state index in [9.17, 15) is 9.59 Å². The van der Waals surface area contributed by atoms with Gasteiger partial charge in [-0.1, -0.05) is 60.7 Å². The molecule has 0 radical (unpaired) electrons. The van der Waals surface area contributed by atoms with E-state index in [1.54, 1.807) is 24.8 Å². The van der Waals surface area contributed by atoms with Gasteiger partial charge in [0.05, 0.1) is 17.8 Å². The van der Waals surface area contributed by atoms with Crippen molar-refractivity contribution in [3.8, 4) is 0 Å². The zero-order valence-electron chi connectivity index (χ0n) is 16.4. The highest BCUT2D eigenvalue weighted by Crippen LogP contribution is 2.36. The molecule has 4 nitrogen and oxygen atoms in total. The average molecular weight is 383 g/mol. The van der Waals surface area contributed by atoms with Crippen molar-refractivity contribution >= 4 is 34.4 Å². The van der Waals surface area contributed by atoms with Crippen LogP contribution in [0.2, 0.25) is 0 Å². The van der Waals surface area contributed by atoms with Gasteiger partial charge in [-0.2, -0.15) is 0 Å². The highest BCUT2D eigenvalue weighted by molar-refractivity contribution is 6.24. The standard InChI is InChI=1S/C25H21NO3/c1-3-29-25(28)23-17(2)26(20-13-5-4-6-14-20)24(27)22(23)16-19-12-9-11-18-10-7-8-15-21(18)19/h4-16H,3H2,1-2H3/b22-16-. The first kappa shape index (κ1) is 18.7. The Balaban J connectivity index is 1.89. The minimum atomic E-state index is -0.483. The molecule has 0 fully saturated rings. The predicted molar refractivity (Wildman–Crippen MR) is 115 cm³/mol. The fraction of sp³-hybridized carbons (Fsp3) is 0.120. The number of allylic oxidation sites excluding steroid dienone is 1. The van der Waals surface area contributed by atoms with Crippen molar-refractivity contribution in [3.05, 3.63) is 95.2 Å². The fourth-order valence-electron chi connectivity index (χ4n) is 3.70. The third kappa shape index (κ3) is 3.34. The topological polar surface area (TPSA) is 46.6 Å². The molecule has 144 valence electrons. The van der Waals surface area contributed by atoms with Crippen LogP contribution in [-0.4, -0.2) is 18.5 Å². The number of para-hydroxylation sites is 1. The Morgan fingerprint density at radius 2 is 1.66 bits per heavy atom. The third-order valence-corrected chi connectivity index (χ3v) is 5.02. The lowest BCUT2D eigenvalue weighted by molar-refractivity contribution is -0.138. The first-order valence-electron chi connectivity index (χ1n) is 9.59. The lowest BCUT2D eigenvalue weighted by Gasteiger charge is -2.17. The molecule has 4 rings (SSSR count). The normalized spacial score (nSPS) is 15.4. The highest BCUT2D eigenvalue weighted by atomic mass is 16.5. The van der Waals surface area contributed by atoms with Crippen LogP contribution in [0.5, 0.6) is 0 Å². The quantitative estimate of drug-likeness (QED) is 0.465. The van der Waals surface area contributed by atoms with Crippen molar-refractivity contribution in [2.24, 2.45) is 0 Å². The number of fused-ring (bicyclic) bond motifs is 1. The minimum Gasteiger partial charge on any atom is -0.462 e. The van der Waals surface area contributed by atoms with Crippen LogP contribution >= 0.6 is 0 Å². The van der Waals surface area contributed by atoms with Gasteiger partial charge in [-0.25, -0.2) is 4.79 Å². The second-order valence-corrected chi connectivity index (χ2v) is 6.78. The number of anilines is 1. The summed E-state index contributed by atoms with van der Waals surface area (Å²) in [7, 11) is 0. The first-order chi connectivity index (χ1) is 14.1. The number of carbonyl (C=O) groups is 2. The Kier molecular flexibility index (Phi) is 5.00. The second kappa shape index (κ2) is 7.76. The number of hydrogen-bond acceptors (Lipinski definition) is 3. The molecule has 0 unspecified atom stereocenters. The number of ether oxygens (including phenoxy) is 1. The molecule has 1 aliphatic heterocycles. The summed E-state index contributed by atoms with van der Waals surface area (Å²) in [5.41, 5.74) is 2.84. The van der Waals surface area contributed by atoms with E-state index in [1.807, 2.05) is 72.8 Å². The van der Waals surface area contributed by atoms with E-state index >= 15 is 0 Å². The number of carbonyl (C=O) groups excluding carboxylic acids is 2. The molecule has 0 saturated heterocycles. The van der Waals surface area contributed by atoms with E-state index in [0.717, 1.165) is 22.0 Å². The summed E-state index contributed by atoms with van der Waals surface area (Å²) in [5, 5.41) is 2.10. The van der Waals surface area contributed by atoms with Crippen molar-refractivity contribution < 1.29 is 14.3 Å². The Morgan fingerprint density at radius 3 is 2.41 bits per heavy atom. The molecule has 1 amide bonds. The van der Waals surface area contributed by atoms with Gasteiger partial charge in [0.15, 0.2) is 0 Å². The molecule has 4 heteroatoms. The van der Waals surface area contributed by atoms with E-state index in [2.05, 4.69) is 0 Å². The van der Waals surface area contributed by atoms with Crippen LogP contribution in [0.3, 0.4) is 0 Å². The Hall–Kier alpha value is -3.66. The maximum absolute atomic E-state index is 13.4. The Bertz CT molecular complexity index is 1150. The van der Waals surface area contributed by atoms with Gasteiger partial charge in [0.2, 0.25) is 0 Å². The van der Waals surface area contributed by atoms with Gasteiger partial charge in [0.25, 0.3) is 5.91 Å². The molecule has 29 heavy (non-hydrogen) atoms. The summed E-state index contributed by atoms with van der Waals surface area (Å²) in [5.74, 6) is -0.715. The number of nitrogens with zero attached hydrogens (tertiary/aromatic N) is 1. The maximum atomic E-state index is 13.4. The maximum Gasteiger partial charge on any atom is 0.340 e. The van der Waals surface area contributed by atoms with Crippen LogP contribution in [0.15, 0.2) is 89.6 Å². The van der Waals surface area contributed by atoms with Crippen LogP contribution in [0.1, 0.15) is 19.4 Å². The van der Waals surface area contributed by atoms with Gasteiger partial charge in [-0.05, 0) is 48.4 Å². The number of rotatable bonds is 4. The molecule has 0 aromatic heterocycles. The number of hydrogen-bond donors (Lipinski definition) is 0. The van der Waals surface area contributed by atoms with Gasteiger partial charge >= 0.3 is 5.97 Å². The van der Waals surface area contributed by atoms with Gasteiger partial charge in [-0.15, -0.1) is 0 Å². The van der Waals surface area contributed by atoms with E-state index in [-0.39, 0.29) is 12.5 Å². The molecule has 1 aliphatic rings. The predicted octanol–water partition coefficient (Wildman–Crippen LogP) is 5.11. The zero-order valence-corrected chi connectivity index (χ0v) is 16.4. The van der Waals surface area contributed by atoms with Gasteiger partial charge in [-0.3, -0.25) is 9.69 Å². The van der Waals surface area contributed by atoms with E-state index in [1.165, 1.54) is 0 Å². The monoisotopic (exact) mass is 383 g/mol. The van der Waals surface area contributed by atoms with Crippen LogP contribution in [0, 0.1) is 0 Å². The molecule has 3 aromatic rings. The molecular formula is C25H21NO3. The Morgan fingerprint density at radius 1 is 0.966 bits per heavy atom. The third-order valence-electron chi connectivity index (χ3n) is 5.02. The van der Waals surface area contributed by atoms with Crippen LogP contribution in [0.25, 0.3) is 16.8 Å². The summed E-state index contributed by atoms with van der Waals surface area (Å²) >= 11 is 0. The van der Waals surface area contributed by atoms with E-state index < -0.39 is 5.97 Å². The van der Waals surface area contributed by atoms with Gasteiger partial charge in [0.1, 0.15) is 0 Å². The number of esters is 1. The van der Waals surface area contributed by atoms with Crippen molar-refractivity contribution in [2.45, 2.75) is 13.8 Å². The summed E-state index contributed by atoms with van der Waals surface area (Å²) in [6.07, 6.45) is 1.80. The van der Waals surface area contributed by atoms with Crippen LogP contribution < -0.4 is 4.90 Å². The first-order valence-corrected chi connectivity index (χ1v) is 9.59. The molecular weight excluding hydrogens is 362 g/mol. The summed E-state index contributed by atoms with van der Waals surface area (Å²) in [6.45, 7) is 3.78. The largest absolute Gasteiger partial charge is 0.462 e. The molecule has 0 saturated carbocycles. The van der Waals surface area contributed by atoms with E-state index in [0.29, 0.717) is 16.8 Å². The van der Waals surface area contributed by atoms with Gasteiger partial charge < -0.3 is 4.74 Å². The number of amides is 1. The van der Waals surface area contributed by atoms with Crippen molar-refractivity contribution in [3.63, 3.8) is 0 Å². The van der Waals surface area contributed by atoms with Crippen LogP contribution in [0.4, 0.5) is 5.69 Å². The minimum absolute atomic E-state index is 0.232.